The number of fused-ring (bicyclic) bond motifs is 1. The third kappa shape index (κ3) is 2.55. The maximum atomic E-state index is 6.05. The van der Waals surface area contributed by atoms with Crippen molar-refractivity contribution in [2.45, 2.75) is 6.54 Å². The van der Waals surface area contributed by atoms with E-state index in [2.05, 4.69) is 10.3 Å². The second-order valence-corrected chi connectivity index (χ2v) is 4.83. The van der Waals surface area contributed by atoms with E-state index >= 15 is 0 Å². The van der Waals surface area contributed by atoms with Crippen molar-refractivity contribution in [1.82, 2.24) is 4.98 Å². The molecule has 98 valence electrons. The molecular weight excluding hydrogens is 287 g/mol. The van der Waals surface area contributed by atoms with Gasteiger partial charge in [0.25, 0.3) is 0 Å². The predicted octanol–water partition coefficient (Wildman–Crippen LogP) is 3.73. The molecule has 1 aromatic carbocycles. The zero-order valence-corrected chi connectivity index (χ0v) is 11.3. The molecule has 6 heteroatoms. The van der Waals surface area contributed by atoms with Gasteiger partial charge in [0.05, 0.1) is 10.0 Å². The maximum absolute atomic E-state index is 6.05. The summed E-state index contributed by atoms with van der Waals surface area (Å²) < 4.78 is 10.8. The lowest BCUT2D eigenvalue weighted by atomic mass is 10.2. The molecule has 1 aliphatic heterocycles. The second kappa shape index (κ2) is 5.15. The number of pyridine rings is 1. The highest BCUT2D eigenvalue weighted by molar-refractivity contribution is 6.35. The first-order valence-electron chi connectivity index (χ1n) is 5.66. The van der Waals surface area contributed by atoms with Crippen LogP contribution in [0.1, 0.15) is 5.56 Å². The number of hydrogen-bond acceptors (Lipinski definition) is 4. The summed E-state index contributed by atoms with van der Waals surface area (Å²) in [6.45, 7) is 0.799. The lowest BCUT2D eigenvalue weighted by molar-refractivity contribution is 0.173. The summed E-state index contributed by atoms with van der Waals surface area (Å²) in [6.07, 6.45) is 1.55. The zero-order valence-electron chi connectivity index (χ0n) is 9.82. The van der Waals surface area contributed by atoms with E-state index in [0.717, 1.165) is 17.1 Å². The number of aromatic nitrogens is 1. The molecule has 2 heterocycles. The number of halogens is 2. The Balaban J connectivity index is 1.78. The minimum atomic E-state index is 0.256. The van der Waals surface area contributed by atoms with E-state index in [-0.39, 0.29) is 6.79 Å². The standard InChI is InChI=1S/C13H10Cl2N2O2/c14-9-4-10(15)13(17-6-9)16-5-8-2-1-3-11-12(8)19-7-18-11/h1-4,6H,5,7H2,(H,16,17). The third-order valence-electron chi connectivity index (χ3n) is 2.73. The molecule has 0 unspecified atom stereocenters. The van der Waals surface area contributed by atoms with Crippen molar-refractivity contribution in [3.05, 3.63) is 46.1 Å². The van der Waals surface area contributed by atoms with Crippen LogP contribution in [0.25, 0.3) is 0 Å². The van der Waals surface area contributed by atoms with E-state index in [1.807, 2.05) is 18.2 Å². The Kier molecular flexibility index (Phi) is 3.36. The molecule has 0 saturated carbocycles. The first kappa shape index (κ1) is 12.4. The summed E-state index contributed by atoms with van der Waals surface area (Å²) in [5, 5.41) is 4.14. The fourth-order valence-corrected chi connectivity index (χ4v) is 2.30. The molecule has 1 aromatic heterocycles. The van der Waals surface area contributed by atoms with Crippen LogP contribution < -0.4 is 14.8 Å². The van der Waals surface area contributed by atoms with E-state index in [0.29, 0.717) is 22.4 Å². The van der Waals surface area contributed by atoms with E-state index < -0.39 is 0 Å². The highest BCUT2D eigenvalue weighted by Crippen LogP contribution is 2.35. The second-order valence-electron chi connectivity index (χ2n) is 3.99. The number of para-hydroxylation sites is 1. The number of benzene rings is 1. The third-order valence-corrected chi connectivity index (χ3v) is 3.23. The van der Waals surface area contributed by atoms with Crippen LogP contribution in [-0.4, -0.2) is 11.8 Å². The monoisotopic (exact) mass is 296 g/mol. The predicted molar refractivity (Wildman–Crippen MR) is 74.1 cm³/mol. The Morgan fingerprint density at radius 1 is 1.26 bits per heavy atom. The highest BCUT2D eigenvalue weighted by atomic mass is 35.5. The van der Waals surface area contributed by atoms with Crippen LogP contribution in [-0.2, 0) is 6.54 Å². The molecule has 19 heavy (non-hydrogen) atoms. The molecule has 0 atom stereocenters. The summed E-state index contributed by atoms with van der Waals surface area (Å²) >= 11 is 11.8. The van der Waals surface area contributed by atoms with E-state index in [9.17, 15) is 0 Å². The summed E-state index contributed by atoms with van der Waals surface area (Å²) in [6, 6.07) is 7.40. The van der Waals surface area contributed by atoms with Gasteiger partial charge in [0.2, 0.25) is 6.79 Å². The summed E-state index contributed by atoms with van der Waals surface area (Å²) in [7, 11) is 0. The smallest absolute Gasteiger partial charge is 0.231 e. The SMILES string of the molecule is Clc1cnc(NCc2cccc3c2OCO3)c(Cl)c1. The van der Waals surface area contributed by atoms with Crippen LogP contribution in [0.2, 0.25) is 10.0 Å². The first-order valence-corrected chi connectivity index (χ1v) is 6.42. The fraction of sp³-hybridized carbons (Fsp3) is 0.154. The van der Waals surface area contributed by atoms with Crippen molar-refractivity contribution >= 4 is 29.0 Å². The molecule has 0 spiro atoms. The zero-order chi connectivity index (χ0) is 13.2. The van der Waals surface area contributed by atoms with Crippen LogP contribution >= 0.6 is 23.2 Å². The average Bonchev–Trinajstić information content (AvgIpc) is 2.86. The minimum Gasteiger partial charge on any atom is -0.454 e. The van der Waals surface area contributed by atoms with Crippen molar-refractivity contribution < 1.29 is 9.47 Å². The normalized spacial score (nSPS) is 12.5. The van der Waals surface area contributed by atoms with Gasteiger partial charge in [-0.1, -0.05) is 35.3 Å². The average molecular weight is 297 g/mol. The topological polar surface area (TPSA) is 43.4 Å². The number of nitrogens with one attached hydrogen (secondary N) is 1. The number of rotatable bonds is 3. The van der Waals surface area contributed by atoms with Crippen molar-refractivity contribution in [3.8, 4) is 11.5 Å². The fourth-order valence-electron chi connectivity index (χ4n) is 1.85. The van der Waals surface area contributed by atoms with Crippen LogP contribution in [0.4, 0.5) is 5.82 Å². The summed E-state index contributed by atoms with van der Waals surface area (Å²) in [5.74, 6) is 2.11. The quantitative estimate of drug-likeness (QED) is 0.937. The minimum absolute atomic E-state index is 0.256. The molecule has 4 nitrogen and oxygen atoms in total. The Morgan fingerprint density at radius 2 is 2.16 bits per heavy atom. The van der Waals surface area contributed by atoms with E-state index in [1.165, 1.54) is 0 Å². The van der Waals surface area contributed by atoms with Gasteiger partial charge in [-0.3, -0.25) is 0 Å². The number of nitrogens with zero attached hydrogens (tertiary/aromatic N) is 1. The van der Waals surface area contributed by atoms with Crippen LogP contribution in [0, 0.1) is 0 Å². The Hall–Kier alpha value is -1.65. The van der Waals surface area contributed by atoms with Gasteiger partial charge in [-0.05, 0) is 12.1 Å². The van der Waals surface area contributed by atoms with Crippen molar-refractivity contribution in [2.75, 3.05) is 12.1 Å². The van der Waals surface area contributed by atoms with E-state index in [4.69, 9.17) is 32.7 Å². The summed E-state index contributed by atoms with van der Waals surface area (Å²) in [5.41, 5.74) is 0.989. The van der Waals surface area contributed by atoms with Gasteiger partial charge < -0.3 is 14.8 Å². The molecule has 0 amide bonds. The molecule has 0 fully saturated rings. The van der Waals surface area contributed by atoms with Crippen molar-refractivity contribution in [3.63, 3.8) is 0 Å². The van der Waals surface area contributed by atoms with Crippen LogP contribution in [0.5, 0.6) is 11.5 Å². The largest absolute Gasteiger partial charge is 0.454 e. The molecule has 1 N–H and O–H groups in total. The van der Waals surface area contributed by atoms with Crippen molar-refractivity contribution in [1.29, 1.82) is 0 Å². The molecule has 3 rings (SSSR count). The van der Waals surface area contributed by atoms with Crippen molar-refractivity contribution in [2.24, 2.45) is 0 Å². The van der Waals surface area contributed by atoms with Gasteiger partial charge in [0, 0.05) is 18.3 Å². The van der Waals surface area contributed by atoms with Gasteiger partial charge in [-0.15, -0.1) is 0 Å². The molecular formula is C13H10Cl2N2O2. The molecule has 0 bridgehead atoms. The Morgan fingerprint density at radius 3 is 3.00 bits per heavy atom. The summed E-state index contributed by atoms with van der Waals surface area (Å²) in [4.78, 5) is 4.14. The van der Waals surface area contributed by atoms with Gasteiger partial charge in [-0.2, -0.15) is 0 Å². The molecule has 0 saturated heterocycles. The molecule has 0 radical (unpaired) electrons. The van der Waals surface area contributed by atoms with Gasteiger partial charge in [0.15, 0.2) is 11.5 Å². The van der Waals surface area contributed by atoms with Gasteiger partial charge in [-0.25, -0.2) is 4.98 Å². The lowest BCUT2D eigenvalue weighted by Gasteiger charge is -2.09. The highest BCUT2D eigenvalue weighted by Gasteiger charge is 2.17. The molecule has 0 aliphatic carbocycles. The number of anilines is 1. The van der Waals surface area contributed by atoms with Crippen LogP contribution in [0.15, 0.2) is 30.5 Å². The lowest BCUT2D eigenvalue weighted by Crippen LogP contribution is -2.03. The maximum Gasteiger partial charge on any atom is 0.231 e. The Bertz CT molecular complexity index is 620. The van der Waals surface area contributed by atoms with Crippen LogP contribution in [0.3, 0.4) is 0 Å². The van der Waals surface area contributed by atoms with E-state index in [1.54, 1.807) is 12.3 Å². The number of hydrogen-bond donors (Lipinski definition) is 1. The Labute approximate surface area is 120 Å². The number of ether oxygens (including phenoxy) is 2. The van der Waals surface area contributed by atoms with Gasteiger partial charge >= 0.3 is 0 Å². The molecule has 1 aliphatic rings. The first-order chi connectivity index (χ1) is 9.24. The van der Waals surface area contributed by atoms with Gasteiger partial charge in [0.1, 0.15) is 5.82 Å². The molecule has 2 aromatic rings.